The molecule has 120 valence electrons. The van der Waals surface area contributed by atoms with Crippen LogP contribution in [0.5, 0.6) is 0 Å². The molecular formula is C15H20N2O5. The fraction of sp³-hybridized carbons (Fsp3) is 0.533. The Morgan fingerprint density at radius 2 is 2.27 bits per heavy atom. The van der Waals surface area contributed by atoms with Gasteiger partial charge in [-0.3, -0.25) is 14.4 Å². The van der Waals surface area contributed by atoms with Gasteiger partial charge in [-0.05, 0) is 30.9 Å². The smallest absolute Gasteiger partial charge is 0.325 e. The number of hydrogen-bond acceptors (Lipinski definition) is 5. The van der Waals surface area contributed by atoms with Crippen molar-refractivity contribution in [1.82, 2.24) is 10.2 Å². The van der Waals surface area contributed by atoms with E-state index in [1.807, 2.05) is 0 Å². The van der Waals surface area contributed by atoms with Gasteiger partial charge in [-0.1, -0.05) is 6.92 Å². The molecule has 1 aromatic heterocycles. The van der Waals surface area contributed by atoms with Crippen LogP contribution in [-0.2, 0) is 14.3 Å². The molecule has 22 heavy (non-hydrogen) atoms. The van der Waals surface area contributed by atoms with E-state index >= 15 is 0 Å². The lowest BCUT2D eigenvalue weighted by Gasteiger charge is -2.30. The summed E-state index contributed by atoms with van der Waals surface area (Å²) in [6.07, 6.45) is 3.45. The first-order valence-corrected chi connectivity index (χ1v) is 7.31. The highest BCUT2D eigenvalue weighted by Crippen LogP contribution is 2.15. The summed E-state index contributed by atoms with van der Waals surface area (Å²) < 4.78 is 9.77. The van der Waals surface area contributed by atoms with Crippen LogP contribution in [0.15, 0.2) is 22.8 Å². The van der Waals surface area contributed by atoms with E-state index in [-0.39, 0.29) is 24.8 Å². The molecule has 1 atom stereocenters. The van der Waals surface area contributed by atoms with Crippen molar-refractivity contribution in [2.24, 2.45) is 5.92 Å². The zero-order valence-corrected chi connectivity index (χ0v) is 12.5. The largest absolute Gasteiger partial charge is 0.459 e. The minimum absolute atomic E-state index is 0.117. The highest BCUT2D eigenvalue weighted by Gasteiger charge is 2.21. The summed E-state index contributed by atoms with van der Waals surface area (Å²) in [4.78, 5) is 36.7. The second-order valence-corrected chi connectivity index (χ2v) is 5.41. The van der Waals surface area contributed by atoms with E-state index < -0.39 is 11.9 Å². The quantitative estimate of drug-likeness (QED) is 0.813. The zero-order chi connectivity index (χ0) is 15.9. The molecule has 2 rings (SSSR count). The van der Waals surface area contributed by atoms with E-state index in [0.717, 1.165) is 12.8 Å². The van der Waals surface area contributed by atoms with Gasteiger partial charge in [0.15, 0.2) is 12.4 Å². The number of nitrogens with one attached hydrogen (secondary N) is 1. The summed E-state index contributed by atoms with van der Waals surface area (Å²) >= 11 is 0. The predicted octanol–water partition coefficient (Wildman–Crippen LogP) is 0.811. The number of likely N-dealkylation sites (tertiary alicyclic amines) is 1. The molecule has 0 aromatic carbocycles. The minimum Gasteiger partial charge on any atom is -0.459 e. The molecule has 1 aromatic rings. The number of amides is 2. The van der Waals surface area contributed by atoms with Gasteiger partial charge in [0.25, 0.3) is 11.8 Å². The molecule has 7 heteroatoms. The molecule has 7 nitrogen and oxygen atoms in total. The summed E-state index contributed by atoms with van der Waals surface area (Å²) in [7, 11) is 0. The van der Waals surface area contributed by atoms with Gasteiger partial charge in [0.2, 0.25) is 0 Å². The highest BCUT2D eigenvalue weighted by atomic mass is 16.5. The lowest BCUT2D eigenvalue weighted by molar-refractivity contribution is -0.151. The van der Waals surface area contributed by atoms with Gasteiger partial charge in [0.05, 0.1) is 6.26 Å². The number of carbonyl (C=O) groups is 3. The number of piperidine rings is 1. The Bertz CT molecular complexity index is 526. The minimum atomic E-state index is -0.654. The van der Waals surface area contributed by atoms with Gasteiger partial charge < -0.3 is 19.4 Å². The normalized spacial score (nSPS) is 17.9. The standard InChI is InChI=1S/C15H20N2O5/c1-11-4-2-6-17(9-11)13(18)10-22-14(19)8-16-15(20)12-5-3-7-21-12/h3,5,7,11H,2,4,6,8-10H2,1H3,(H,16,20)/t11-/m1/s1. The van der Waals surface area contributed by atoms with Crippen LogP contribution in [0.3, 0.4) is 0 Å². The Balaban J connectivity index is 1.67. The van der Waals surface area contributed by atoms with Crippen molar-refractivity contribution in [3.05, 3.63) is 24.2 Å². The molecule has 1 N–H and O–H groups in total. The fourth-order valence-corrected chi connectivity index (χ4v) is 2.35. The maximum absolute atomic E-state index is 11.9. The first-order chi connectivity index (χ1) is 10.6. The molecule has 0 radical (unpaired) electrons. The van der Waals surface area contributed by atoms with Crippen LogP contribution in [0.4, 0.5) is 0 Å². The molecular weight excluding hydrogens is 288 g/mol. The Hall–Kier alpha value is -2.31. The molecule has 1 aliphatic rings. The monoisotopic (exact) mass is 308 g/mol. The van der Waals surface area contributed by atoms with Gasteiger partial charge in [0, 0.05) is 13.1 Å². The van der Waals surface area contributed by atoms with Crippen LogP contribution in [0.2, 0.25) is 0 Å². The number of esters is 1. The van der Waals surface area contributed by atoms with Crippen LogP contribution in [0.1, 0.15) is 30.3 Å². The van der Waals surface area contributed by atoms with E-state index in [4.69, 9.17) is 9.15 Å². The molecule has 0 saturated carbocycles. The molecule has 1 fully saturated rings. The number of nitrogens with zero attached hydrogens (tertiary/aromatic N) is 1. The van der Waals surface area contributed by atoms with E-state index in [1.165, 1.54) is 12.3 Å². The third-order valence-electron chi connectivity index (χ3n) is 3.50. The average Bonchev–Trinajstić information content (AvgIpc) is 3.04. The molecule has 1 saturated heterocycles. The fourth-order valence-electron chi connectivity index (χ4n) is 2.35. The second kappa shape index (κ2) is 7.63. The third-order valence-corrected chi connectivity index (χ3v) is 3.50. The van der Waals surface area contributed by atoms with Crippen molar-refractivity contribution < 1.29 is 23.5 Å². The van der Waals surface area contributed by atoms with Gasteiger partial charge in [-0.15, -0.1) is 0 Å². The molecule has 1 aliphatic heterocycles. The van der Waals surface area contributed by atoms with Gasteiger partial charge in [-0.2, -0.15) is 0 Å². The van der Waals surface area contributed by atoms with E-state index in [1.54, 1.807) is 11.0 Å². The first-order valence-electron chi connectivity index (χ1n) is 7.31. The van der Waals surface area contributed by atoms with Crippen LogP contribution < -0.4 is 5.32 Å². The second-order valence-electron chi connectivity index (χ2n) is 5.41. The lowest BCUT2D eigenvalue weighted by Crippen LogP contribution is -2.42. The molecule has 0 aliphatic carbocycles. The third kappa shape index (κ3) is 4.61. The Kier molecular flexibility index (Phi) is 5.57. The van der Waals surface area contributed by atoms with E-state index in [0.29, 0.717) is 19.0 Å². The van der Waals surface area contributed by atoms with Crippen molar-refractivity contribution in [3.8, 4) is 0 Å². The van der Waals surface area contributed by atoms with Crippen LogP contribution in [0.25, 0.3) is 0 Å². The maximum Gasteiger partial charge on any atom is 0.325 e. The molecule has 2 amide bonds. The summed E-state index contributed by atoms with van der Waals surface area (Å²) in [6, 6.07) is 3.06. The Labute approximate surface area is 128 Å². The number of furan rings is 1. The maximum atomic E-state index is 11.9. The van der Waals surface area contributed by atoms with Crippen LogP contribution in [-0.4, -0.2) is 48.9 Å². The number of ether oxygens (including phenoxy) is 1. The summed E-state index contributed by atoms with van der Waals surface area (Å²) in [5.74, 6) is -0.763. The van der Waals surface area contributed by atoms with Crippen molar-refractivity contribution in [2.75, 3.05) is 26.2 Å². The predicted molar refractivity (Wildman–Crippen MR) is 77.0 cm³/mol. The van der Waals surface area contributed by atoms with E-state index in [9.17, 15) is 14.4 Å². The van der Waals surface area contributed by atoms with Crippen molar-refractivity contribution in [1.29, 1.82) is 0 Å². The topological polar surface area (TPSA) is 88.9 Å². The van der Waals surface area contributed by atoms with E-state index in [2.05, 4.69) is 12.2 Å². The average molecular weight is 308 g/mol. The van der Waals surface area contributed by atoms with Crippen LogP contribution in [0, 0.1) is 5.92 Å². The Morgan fingerprint density at radius 3 is 2.95 bits per heavy atom. The highest BCUT2D eigenvalue weighted by molar-refractivity contribution is 5.93. The van der Waals surface area contributed by atoms with Crippen molar-refractivity contribution in [2.45, 2.75) is 19.8 Å². The lowest BCUT2D eigenvalue weighted by atomic mass is 10.0. The first kappa shape index (κ1) is 16.1. The molecule has 0 spiro atoms. The SMILES string of the molecule is C[C@@H]1CCCN(C(=O)COC(=O)CNC(=O)c2ccco2)C1. The van der Waals surface area contributed by atoms with Crippen LogP contribution >= 0.6 is 0 Å². The molecule has 0 unspecified atom stereocenters. The molecule has 0 bridgehead atoms. The Morgan fingerprint density at radius 1 is 1.45 bits per heavy atom. The summed E-state index contributed by atoms with van der Waals surface area (Å²) in [5.41, 5.74) is 0. The molecule has 2 heterocycles. The zero-order valence-electron chi connectivity index (χ0n) is 12.5. The summed E-state index contributed by atoms with van der Waals surface area (Å²) in [5, 5.41) is 2.36. The number of rotatable bonds is 5. The van der Waals surface area contributed by atoms with Crippen molar-refractivity contribution in [3.63, 3.8) is 0 Å². The van der Waals surface area contributed by atoms with Crippen molar-refractivity contribution >= 4 is 17.8 Å². The van der Waals surface area contributed by atoms with Gasteiger partial charge in [0.1, 0.15) is 6.54 Å². The number of hydrogen-bond donors (Lipinski definition) is 1. The summed E-state index contributed by atoms with van der Waals surface area (Å²) in [6.45, 7) is 2.91. The number of carbonyl (C=O) groups excluding carboxylic acids is 3. The van der Waals surface area contributed by atoms with Gasteiger partial charge >= 0.3 is 5.97 Å². The van der Waals surface area contributed by atoms with Gasteiger partial charge in [-0.25, -0.2) is 0 Å².